The quantitative estimate of drug-likeness (QED) is 0.836. The molecule has 0 bridgehead atoms. The average molecular weight is 226 g/mol. The number of nitrogens with one attached hydrogen (secondary N) is 1. The predicted octanol–water partition coefficient (Wildman–Crippen LogP) is 2.86. The van der Waals surface area contributed by atoms with Gasteiger partial charge in [0, 0.05) is 23.5 Å². The highest BCUT2D eigenvalue weighted by molar-refractivity contribution is 6.30. The second kappa shape index (κ2) is 4.03. The molecule has 1 aliphatic rings. The molecule has 0 aliphatic carbocycles. The Morgan fingerprint density at radius 1 is 1.33 bits per heavy atom. The highest BCUT2D eigenvalue weighted by Crippen LogP contribution is 2.23. The van der Waals surface area contributed by atoms with Gasteiger partial charge in [0.1, 0.15) is 11.9 Å². The molecule has 82 valence electrons. The zero-order chi connectivity index (χ0) is 10.9. The van der Waals surface area contributed by atoms with E-state index in [-0.39, 0.29) is 11.6 Å². The first-order valence-corrected chi connectivity index (χ1v) is 5.60. The van der Waals surface area contributed by atoms with Crippen LogP contribution in [0.15, 0.2) is 24.3 Å². The van der Waals surface area contributed by atoms with Gasteiger partial charge in [-0.2, -0.15) is 0 Å². The third-order valence-electron chi connectivity index (χ3n) is 2.66. The van der Waals surface area contributed by atoms with Crippen LogP contribution in [0.25, 0.3) is 0 Å². The van der Waals surface area contributed by atoms with Crippen LogP contribution in [0.2, 0.25) is 5.02 Å². The van der Waals surface area contributed by atoms with Crippen molar-refractivity contribution in [3.8, 4) is 5.75 Å². The molecule has 1 saturated heterocycles. The van der Waals surface area contributed by atoms with Crippen molar-refractivity contribution in [2.24, 2.45) is 0 Å². The molecule has 1 fully saturated rings. The van der Waals surface area contributed by atoms with Crippen LogP contribution < -0.4 is 10.1 Å². The summed E-state index contributed by atoms with van der Waals surface area (Å²) in [5.41, 5.74) is 0.192. The van der Waals surface area contributed by atoms with E-state index < -0.39 is 0 Å². The van der Waals surface area contributed by atoms with Crippen molar-refractivity contribution in [1.29, 1.82) is 0 Å². The monoisotopic (exact) mass is 225 g/mol. The zero-order valence-electron chi connectivity index (χ0n) is 9.09. The Morgan fingerprint density at radius 2 is 2.00 bits per heavy atom. The summed E-state index contributed by atoms with van der Waals surface area (Å²) < 4.78 is 5.84. The van der Waals surface area contributed by atoms with Crippen molar-refractivity contribution >= 4 is 11.6 Å². The summed E-state index contributed by atoms with van der Waals surface area (Å²) in [4.78, 5) is 0. The summed E-state index contributed by atoms with van der Waals surface area (Å²) >= 11 is 5.81. The van der Waals surface area contributed by atoms with E-state index in [0.717, 1.165) is 23.7 Å². The molecule has 0 aromatic heterocycles. The third-order valence-corrected chi connectivity index (χ3v) is 2.91. The Balaban J connectivity index is 1.96. The molecule has 0 spiro atoms. The van der Waals surface area contributed by atoms with Crippen molar-refractivity contribution in [3.63, 3.8) is 0 Å². The van der Waals surface area contributed by atoms with Crippen LogP contribution in [0, 0.1) is 0 Å². The van der Waals surface area contributed by atoms with Crippen LogP contribution in [0.4, 0.5) is 0 Å². The molecule has 1 unspecified atom stereocenters. The molecule has 3 heteroatoms. The van der Waals surface area contributed by atoms with Gasteiger partial charge in [0.15, 0.2) is 0 Å². The second-order valence-corrected chi connectivity index (χ2v) is 5.10. The third kappa shape index (κ3) is 2.86. The first kappa shape index (κ1) is 10.8. The minimum absolute atomic E-state index is 0.192. The van der Waals surface area contributed by atoms with Gasteiger partial charge in [-0.05, 0) is 38.1 Å². The Morgan fingerprint density at radius 3 is 2.53 bits per heavy atom. The lowest BCUT2D eigenvalue weighted by atomic mass is 10.0. The maximum absolute atomic E-state index is 5.84. The molecule has 1 aromatic carbocycles. The summed E-state index contributed by atoms with van der Waals surface area (Å²) in [5.74, 6) is 0.893. The summed E-state index contributed by atoms with van der Waals surface area (Å²) in [6, 6.07) is 7.52. The van der Waals surface area contributed by atoms with E-state index in [1.807, 2.05) is 24.3 Å². The summed E-state index contributed by atoms with van der Waals surface area (Å²) in [5, 5.41) is 4.17. The number of rotatable bonds is 2. The molecule has 1 aromatic rings. The standard InChI is InChI=1S/C12H16ClNO/c1-12(2)7-11(8-14-12)15-10-5-3-9(13)4-6-10/h3-6,11,14H,7-8H2,1-2H3. The molecule has 1 heterocycles. The van der Waals surface area contributed by atoms with E-state index >= 15 is 0 Å². The Bertz CT molecular complexity index is 334. The number of benzene rings is 1. The highest BCUT2D eigenvalue weighted by atomic mass is 35.5. The van der Waals surface area contributed by atoms with E-state index in [1.54, 1.807) is 0 Å². The molecule has 0 amide bonds. The maximum atomic E-state index is 5.84. The Labute approximate surface area is 95.6 Å². The van der Waals surface area contributed by atoms with Gasteiger partial charge in [0.05, 0.1) is 0 Å². The van der Waals surface area contributed by atoms with Crippen molar-refractivity contribution in [3.05, 3.63) is 29.3 Å². The lowest BCUT2D eigenvalue weighted by Crippen LogP contribution is -2.31. The summed E-state index contributed by atoms with van der Waals surface area (Å²) in [6.07, 6.45) is 1.30. The smallest absolute Gasteiger partial charge is 0.119 e. The van der Waals surface area contributed by atoms with Gasteiger partial charge in [-0.3, -0.25) is 0 Å². The fourth-order valence-corrected chi connectivity index (χ4v) is 2.02. The molecule has 0 radical (unpaired) electrons. The summed E-state index contributed by atoms with van der Waals surface area (Å²) in [7, 11) is 0. The number of hydrogen-bond acceptors (Lipinski definition) is 2. The molecule has 1 atom stereocenters. The highest BCUT2D eigenvalue weighted by Gasteiger charge is 2.31. The van der Waals surface area contributed by atoms with Crippen LogP contribution in [0.3, 0.4) is 0 Å². The van der Waals surface area contributed by atoms with Crippen LogP contribution in [-0.4, -0.2) is 18.2 Å². The number of hydrogen-bond donors (Lipinski definition) is 1. The van der Waals surface area contributed by atoms with E-state index in [4.69, 9.17) is 16.3 Å². The lowest BCUT2D eigenvalue weighted by Gasteiger charge is -2.17. The van der Waals surface area contributed by atoms with E-state index in [0.29, 0.717) is 0 Å². The number of halogens is 1. The molecular weight excluding hydrogens is 210 g/mol. The van der Waals surface area contributed by atoms with Gasteiger partial charge in [0.25, 0.3) is 0 Å². The fourth-order valence-electron chi connectivity index (χ4n) is 1.89. The number of ether oxygens (including phenoxy) is 1. The largest absolute Gasteiger partial charge is 0.489 e. The van der Waals surface area contributed by atoms with Gasteiger partial charge in [0.2, 0.25) is 0 Å². The van der Waals surface area contributed by atoms with Gasteiger partial charge in [-0.15, -0.1) is 0 Å². The zero-order valence-corrected chi connectivity index (χ0v) is 9.84. The molecule has 2 nitrogen and oxygen atoms in total. The van der Waals surface area contributed by atoms with Gasteiger partial charge < -0.3 is 10.1 Å². The fraction of sp³-hybridized carbons (Fsp3) is 0.500. The Kier molecular flexibility index (Phi) is 2.89. The second-order valence-electron chi connectivity index (χ2n) is 4.66. The van der Waals surface area contributed by atoms with E-state index in [9.17, 15) is 0 Å². The SMILES string of the molecule is CC1(C)CC(Oc2ccc(Cl)cc2)CN1. The predicted molar refractivity (Wildman–Crippen MR) is 62.6 cm³/mol. The van der Waals surface area contributed by atoms with E-state index in [1.165, 1.54) is 0 Å². The van der Waals surface area contributed by atoms with E-state index in [2.05, 4.69) is 19.2 Å². The molecule has 2 rings (SSSR count). The van der Waals surface area contributed by atoms with Crippen molar-refractivity contribution in [2.45, 2.75) is 31.9 Å². The average Bonchev–Trinajstić information content (AvgIpc) is 2.50. The van der Waals surface area contributed by atoms with Gasteiger partial charge in [-0.25, -0.2) is 0 Å². The molecular formula is C12H16ClNO. The first-order chi connectivity index (χ1) is 7.05. The first-order valence-electron chi connectivity index (χ1n) is 5.22. The van der Waals surface area contributed by atoms with Crippen LogP contribution in [-0.2, 0) is 0 Å². The van der Waals surface area contributed by atoms with Crippen LogP contribution in [0.5, 0.6) is 5.75 Å². The molecule has 1 aliphatic heterocycles. The maximum Gasteiger partial charge on any atom is 0.119 e. The van der Waals surface area contributed by atoms with Gasteiger partial charge in [-0.1, -0.05) is 11.6 Å². The molecule has 1 N–H and O–H groups in total. The normalized spacial score (nSPS) is 24.1. The molecule has 15 heavy (non-hydrogen) atoms. The topological polar surface area (TPSA) is 21.3 Å². The lowest BCUT2D eigenvalue weighted by molar-refractivity contribution is 0.214. The van der Waals surface area contributed by atoms with Crippen molar-refractivity contribution in [1.82, 2.24) is 5.32 Å². The van der Waals surface area contributed by atoms with Crippen molar-refractivity contribution in [2.75, 3.05) is 6.54 Å². The Hall–Kier alpha value is -0.730. The van der Waals surface area contributed by atoms with Crippen LogP contribution >= 0.6 is 11.6 Å². The molecule has 0 saturated carbocycles. The van der Waals surface area contributed by atoms with Gasteiger partial charge >= 0.3 is 0 Å². The minimum atomic E-state index is 0.192. The summed E-state index contributed by atoms with van der Waals surface area (Å²) in [6.45, 7) is 5.30. The van der Waals surface area contributed by atoms with Crippen LogP contribution in [0.1, 0.15) is 20.3 Å². The van der Waals surface area contributed by atoms with Crippen molar-refractivity contribution < 1.29 is 4.74 Å². The minimum Gasteiger partial charge on any atom is -0.489 e.